The van der Waals surface area contributed by atoms with Crippen molar-refractivity contribution in [3.63, 3.8) is 0 Å². The van der Waals surface area contributed by atoms with Gasteiger partial charge in [0.2, 0.25) is 0 Å². The fraction of sp³-hybridized carbons (Fsp3) is 1.00. The fourth-order valence-corrected chi connectivity index (χ4v) is 3.89. The molecule has 0 saturated heterocycles. The molecule has 0 atom stereocenters. The quantitative estimate of drug-likeness (QED) is 0.457. The molecule has 1 rings (SSSR count). The predicted octanol–water partition coefficient (Wildman–Crippen LogP) is 6.48. The van der Waals surface area contributed by atoms with Gasteiger partial charge in [0.15, 0.2) is 0 Å². The maximum Gasteiger partial charge on any atom is 0.0648 e. The third kappa shape index (κ3) is 6.72. The zero-order chi connectivity index (χ0) is 15.8. The molecule has 0 aromatic heterocycles. The van der Waals surface area contributed by atoms with Crippen molar-refractivity contribution in [2.75, 3.05) is 0 Å². The van der Waals surface area contributed by atoms with Gasteiger partial charge >= 0.3 is 0 Å². The highest BCUT2D eigenvalue weighted by molar-refractivity contribution is 4.90. The molecule has 1 fully saturated rings. The summed E-state index contributed by atoms with van der Waals surface area (Å²) in [6.45, 7) is 9.38. The Balaban J connectivity index is 2.16. The van der Waals surface area contributed by atoms with Crippen molar-refractivity contribution in [2.45, 2.75) is 117 Å². The van der Waals surface area contributed by atoms with E-state index in [1.165, 1.54) is 64.2 Å². The highest BCUT2D eigenvalue weighted by atomic mass is 16.3. The van der Waals surface area contributed by atoms with Gasteiger partial charge in [-0.15, -0.1) is 0 Å². The second kappa shape index (κ2) is 9.18. The van der Waals surface area contributed by atoms with Crippen LogP contribution in [-0.2, 0) is 0 Å². The fourth-order valence-electron chi connectivity index (χ4n) is 3.89. The smallest absolute Gasteiger partial charge is 0.0648 e. The maximum absolute atomic E-state index is 10.8. The van der Waals surface area contributed by atoms with Gasteiger partial charge in [0.1, 0.15) is 0 Å². The Hall–Kier alpha value is -0.0400. The Kier molecular flexibility index (Phi) is 8.31. The van der Waals surface area contributed by atoms with E-state index in [9.17, 15) is 5.11 Å². The van der Waals surface area contributed by atoms with Crippen molar-refractivity contribution in [2.24, 2.45) is 11.3 Å². The van der Waals surface area contributed by atoms with E-state index < -0.39 is 0 Å². The summed E-state index contributed by atoms with van der Waals surface area (Å²) in [4.78, 5) is 0. The van der Waals surface area contributed by atoms with Gasteiger partial charge < -0.3 is 5.11 Å². The van der Waals surface area contributed by atoms with Gasteiger partial charge in [-0.3, -0.25) is 0 Å². The SMILES string of the molecule is CCCCCCCCCC1(O)CCC(C(C)(C)CC)CC1. The molecular weight excluding hydrogens is 256 g/mol. The van der Waals surface area contributed by atoms with Crippen LogP contribution in [0, 0.1) is 11.3 Å². The molecule has 0 spiro atoms. The van der Waals surface area contributed by atoms with Crippen LogP contribution in [0.15, 0.2) is 0 Å². The first-order chi connectivity index (χ1) is 9.93. The standard InChI is InChI=1S/C20H40O/c1-5-7-8-9-10-11-12-15-20(21)16-13-18(14-17-20)19(3,4)6-2/h18,21H,5-17H2,1-4H3. The van der Waals surface area contributed by atoms with Crippen LogP contribution in [0.4, 0.5) is 0 Å². The van der Waals surface area contributed by atoms with Crippen LogP contribution in [0.2, 0.25) is 0 Å². The van der Waals surface area contributed by atoms with Gasteiger partial charge in [0, 0.05) is 0 Å². The second-order valence-electron chi connectivity index (χ2n) is 8.21. The van der Waals surface area contributed by atoms with E-state index >= 15 is 0 Å². The Bertz CT molecular complexity index is 261. The van der Waals surface area contributed by atoms with E-state index in [2.05, 4.69) is 27.7 Å². The first kappa shape index (κ1) is 19.0. The van der Waals surface area contributed by atoms with E-state index in [1.807, 2.05) is 0 Å². The lowest BCUT2D eigenvalue weighted by Gasteiger charge is -2.42. The average Bonchev–Trinajstić information content (AvgIpc) is 2.47. The van der Waals surface area contributed by atoms with Crippen LogP contribution in [0.25, 0.3) is 0 Å². The molecule has 126 valence electrons. The summed E-state index contributed by atoms with van der Waals surface area (Å²) in [5, 5.41) is 10.8. The van der Waals surface area contributed by atoms with E-state index in [1.54, 1.807) is 0 Å². The number of unbranched alkanes of at least 4 members (excludes halogenated alkanes) is 6. The summed E-state index contributed by atoms with van der Waals surface area (Å²) in [7, 11) is 0. The molecule has 21 heavy (non-hydrogen) atoms. The Morgan fingerprint density at radius 3 is 1.95 bits per heavy atom. The molecule has 0 unspecified atom stereocenters. The van der Waals surface area contributed by atoms with Gasteiger partial charge in [-0.25, -0.2) is 0 Å². The molecule has 1 saturated carbocycles. The number of hydrogen-bond donors (Lipinski definition) is 1. The summed E-state index contributed by atoms with van der Waals surface area (Å²) < 4.78 is 0. The summed E-state index contributed by atoms with van der Waals surface area (Å²) in [5.41, 5.74) is 0.129. The van der Waals surface area contributed by atoms with Crippen LogP contribution in [0.3, 0.4) is 0 Å². The minimum Gasteiger partial charge on any atom is -0.390 e. The van der Waals surface area contributed by atoms with Crippen LogP contribution in [0.1, 0.15) is 111 Å². The summed E-state index contributed by atoms with van der Waals surface area (Å²) in [5.74, 6) is 0.816. The van der Waals surface area contributed by atoms with Gasteiger partial charge in [-0.2, -0.15) is 0 Å². The maximum atomic E-state index is 10.8. The third-order valence-electron chi connectivity index (χ3n) is 6.18. The largest absolute Gasteiger partial charge is 0.390 e. The molecule has 0 aromatic carbocycles. The summed E-state index contributed by atoms with van der Waals surface area (Å²) in [6, 6.07) is 0. The van der Waals surface area contributed by atoms with E-state index in [4.69, 9.17) is 0 Å². The van der Waals surface area contributed by atoms with Crippen molar-refractivity contribution in [3.8, 4) is 0 Å². The van der Waals surface area contributed by atoms with E-state index in [0.29, 0.717) is 5.41 Å². The van der Waals surface area contributed by atoms with Gasteiger partial charge in [-0.1, -0.05) is 79.1 Å². The molecule has 1 aliphatic rings. The minimum absolute atomic E-state index is 0.330. The molecule has 0 aromatic rings. The topological polar surface area (TPSA) is 20.2 Å². The van der Waals surface area contributed by atoms with E-state index in [0.717, 1.165) is 25.2 Å². The highest BCUT2D eigenvalue weighted by Gasteiger charge is 2.37. The molecule has 0 heterocycles. The molecule has 1 N–H and O–H groups in total. The van der Waals surface area contributed by atoms with Gasteiger partial charge in [-0.05, 0) is 43.4 Å². The van der Waals surface area contributed by atoms with E-state index in [-0.39, 0.29) is 5.60 Å². The molecular formula is C20H40O. The zero-order valence-electron chi connectivity index (χ0n) is 15.2. The van der Waals surface area contributed by atoms with Gasteiger partial charge in [0.05, 0.1) is 5.60 Å². The van der Waals surface area contributed by atoms with Gasteiger partial charge in [0.25, 0.3) is 0 Å². The highest BCUT2D eigenvalue weighted by Crippen LogP contribution is 2.44. The Morgan fingerprint density at radius 2 is 1.43 bits per heavy atom. The molecule has 0 amide bonds. The van der Waals surface area contributed by atoms with Crippen molar-refractivity contribution >= 4 is 0 Å². The lowest BCUT2D eigenvalue weighted by Crippen LogP contribution is -2.38. The molecule has 1 nitrogen and oxygen atoms in total. The predicted molar refractivity (Wildman–Crippen MR) is 93.6 cm³/mol. The van der Waals surface area contributed by atoms with Crippen LogP contribution < -0.4 is 0 Å². The van der Waals surface area contributed by atoms with Crippen molar-refractivity contribution < 1.29 is 5.11 Å². The summed E-state index contributed by atoms with van der Waals surface area (Å²) in [6.07, 6.45) is 16.2. The van der Waals surface area contributed by atoms with Crippen molar-refractivity contribution in [1.29, 1.82) is 0 Å². The molecule has 1 aliphatic carbocycles. The Morgan fingerprint density at radius 1 is 0.905 bits per heavy atom. The Labute approximate surface area is 133 Å². The monoisotopic (exact) mass is 296 g/mol. The average molecular weight is 297 g/mol. The van der Waals surface area contributed by atoms with Crippen LogP contribution in [-0.4, -0.2) is 10.7 Å². The number of aliphatic hydroxyl groups is 1. The first-order valence-corrected chi connectivity index (χ1v) is 9.66. The minimum atomic E-state index is -0.330. The summed E-state index contributed by atoms with van der Waals surface area (Å²) >= 11 is 0. The lowest BCUT2D eigenvalue weighted by molar-refractivity contribution is -0.0357. The van der Waals surface area contributed by atoms with Crippen LogP contribution >= 0.6 is 0 Å². The first-order valence-electron chi connectivity index (χ1n) is 9.66. The third-order valence-corrected chi connectivity index (χ3v) is 6.18. The zero-order valence-corrected chi connectivity index (χ0v) is 15.2. The van der Waals surface area contributed by atoms with Crippen molar-refractivity contribution in [1.82, 2.24) is 0 Å². The van der Waals surface area contributed by atoms with Crippen LogP contribution in [0.5, 0.6) is 0 Å². The molecule has 0 radical (unpaired) electrons. The number of rotatable bonds is 10. The molecule has 0 aliphatic heterocycles. The normalized spacial score (nSPS) is 27.0. The number of hydrogen-bond acceptors (Lipinski definition) is 1. The molecule has 1 heteroatoms. The second-order valence-corrected chi connectivity index (χ2v) is 8.21. The molecule has 0 bridgehead atoms. The van der Waals surface area contributed by atoms with Crippen molar-refractivity contribution in [3.05, 3.63) is 0 Å². The lowest BCUT2D eigenvalue weighted by atomic mass is 9.65.